The second kappa shape index (κ2) is 10.2. The summed E-state index contributed by atoms with van der Waals surface area (Å²) in [5, 5.41) is 11.8. The van der Waals surface area contributed by atoms with Crippen molar-refractivity contribution in [3.8, 4) is 0 Å². The van der Waals surface area contributed by atoms with Gasteiger partial charge in [-0.05, 0) is 25.8 Å². The largest absolute Gasteiger partial charge is 0.479 e. The van der Waals surface area contributed by atoms with Crippen molar-refractivity contribution in [2.24, 2.45) is 10.8 Å². The van der Waals surface area contributed by atoms with Gasteiger partial charge in [-0.2, -0.15) is 0 Å². The van der Waals surface area contributed by atoms with E-state index in [1.165, 1.54) is 0 Å². The molecule has 172 valence electrons. The molecule has 3 rings (SSSR count). The van der Waals surface area contributed by atoms with E-state index in [2.05, 4.69) is 27.7 Å². The second-order valence-electron chi connectivity index (χ2n) is 9.43. The molecule has 1 N–H and O–H groups in total. The van der Waals surface area contributed by atoms with Crippen LogP contribution in [0.1, 0.15) is 47.5 Å². The minimum atomic E-state index is -2.41. The van der Waals surface area contributed by atoms with Crippen LogP contribution in [0, 0.1) is 10.8 Å². The van der Waals surface area contributed by atoms with E-state index in [4.69, 9.17) is 28.0 Å². The Kier molecular flexibility index (Phi) is 8.37. The SMILES string of the molecule is CC1=CC=C(O)[P+]1(OCC(C)(C)C1OCCCO1)POCC(C)(C)C1OCCCO1. The molecule has 3 heterocycles. The number of aliphatic hydroxyl groups is 1. The Morgan fingerprint density at radius 3 is 1.90 bits per heavy atom. The lowest BCUT2D eigenvalue weighted by atomic mass is 9.93. The van der Waals surface area contributed by atoms with Gasteiger partial charge in [0, 0.05) is 16.9 Å². The summed E-state index contributed by atoms with van der Waals surface area (Å²) in [4.78, 5) is 0. The lowest BCUT2D eigenvalue weighted by Gasteiger charge is -2.37. The van der Waals surface area contributed by atoms with Gasteiger partial charge < -0.3 is 28.6 Å². The Labute approximate surface area is 182 Å². The first-order chi connectivity index (χ1) is 14.2. The molecular weight excluding hydrogens is 426 g/mol. The normalized spacial score (nSPS) is 27.6. The Morgan fingerprint density at radius 1 is 0.933 bits per heavy atom. The predicted octanol–water partition coefficient (Wildman–Crippen LogP) is 5.36. The van der Waals surface area contributed by atoms with E-state index in [0.29, 0.717) is 39.6 Å². The van der Waals surface area contributed by atoms with Crippen molar-refractivity contribution >= 4 is 15.7 Å². The summed E-state index contributed by atoms with van der Waals surface area (Å²) >= 11 is 0. The maximum absolute atomic E-state index is 10.7. The minimum Gasteiger partial charge on any atom is -0.479 e. The summed E-state index contributed by atoms with van der Waals surface area (Å²) in [5.41, 5.74) is -0.357. The smallest absolute Gasteiger partial charge is 0.283 e. The van der Waals surface area contributed by atoms with Gasteiger partial charge in [0.15, 0.2) is 12.6 Å². The van der Waals surface area contributed by atoms with Crippen LogP contribution in [0.2, 0.25) is 0 Å². The van der Waals surface area contributed by atoms with E-state index >= 15 is 0 Å². The third-order valence-electron chi connectivity index (χ3n) is 5.49. The zero-order valence-electron chi connectivity index (χ0n) is 18.8. The van der Waals surface area contributed by atoms with Crippen molar-refractivity contribution < 1.29 is 33.1 Å². The Morgan fingerprint density at radius 2 is 1.43 bits per heavy atom. The second-order valence-corrected chi connectivity index (χ2v) is 15.0. The molecule has 0 aliphatic carbocycles. The van der Waals surface area contributed by atoms with Crippen molar-refractivity contribution in [1.82, 2.24) is 0 Å². The van der Waals surface area contributed by atoms with E-state index in [-0.39, 0.29) is 37.4 Å². The van der Waals surface area contributed by atoms with Crippen molar-refractivity contribution in [3.63, 3.8) is 0 Å². The van der Waals surface area contributed by atoms with Crippen molar-refractivity contribution in [2.45, 2.75) is 60.0 Å². The molecule has 2 fully saturated rings. The first kappa shape index (κ1) is 24.5. The third-order valence-corrected chi connectivity index (χ3v) is 11.8. The number of aliphatic hydroxyl groups excluding tert-OH is 1. The summed E-state index contributed by atoms with van der Waals surface area (Å²) in [6.45, 7) is 14.0. The maximum Gasteiger partial charge on any atom is 0.283 e. The van der Waals surface area contributed by atoms with Crippen LogP contribution in [0.5, 0.6) is 0 Å². The molecule has 7 nitrogen and oxygen atoms in total. The summed E-state index contributed by atoms with van der Waals surface area (Å²) in [6.07, 6.45) is 4.90. The van der Waals surface area contributed by atoms with Crippen molar-refractivity contribution in [1.29, 1.82) is 0 Å². The van der Waals surface area contributed by atoms with Crippen LogP contribution in [0.25, 0.3) is 0 Å². The van der Waals surface area contributed by atoms with Crippen LogP contribution in [-0.4, -0.2) is 57.3 Å². The molecule has 0 amide bonds. The van der Waals surface area contributed by atoms with Crippen LogP contribution in [0.4, 0.5) is 0 Å². The summed E-state index contributed by atoms with van der Waals surface area (Å²) in [7, 11) is -2.40. The van der Waals surface area contributed by atoms with E-state index in [0.717, 1.165) is 18.2 Å². The molecule has 0 radical (unpaired) electrons. The van der Waals surface area contributed by atoms with Gasteiger partial charge in [0.25, 0.3) is 12.7 Å². The number of allylic oxidation sites excluding steroid dienone is 3. The van der Waals surface area contributed by atoms with Gasteiger partial charge in [-0.3, -0.25) is 0 Å². The van der Waals surface area contributed by atoms with Crippen LogP contribution in [0.3, 0.4) is 0 Å². The molecule has 9 heteroatoms. The van der Waals surface area contributed by atoms with Crippen molar-refractivity contribution in [3.05, 3.63) is 23.0 Å². The first-order valence-electron chi connectivity index (χ1n) is 10.7. The highest BCUT2D eigenvalue weighted by molar-refractivity contribution is 8.31. The Balaban J connectivity index is 1.61. The van der Waals surface area contributed by atoms with E-state index < -0.39 is 7.18 Å². The third kappa shape index (κ3) is 5.63. The van der Waals surface area contributed by atoms with E-state index in [1.807, 2.05) is 13.0 Å². The minimum absolute atomic E-state index is 0.00918. The number of ether oxygens (including phenoxy) is 4. The van der Waals surface area contributed by atoms with Gasteiger partial charge in [-0.15, -0.1) is 0 Å². The number of hydrogen-bond acceptors (Lipinski definition) is 7. The standard InChI is InChI=1S/C21H36O7P2/c1-16-8-9-17(22)30(16,28-15-21(4,5)19-25-12-7-13-26-19)29-27-14-20(2,3)18-23-10-6-11-24-18/h8-9,18-19,29H,6-7,10-15H2,1-5H3/p+1. The fourth-order valence-electron chi connectivity index (χ4n) is 3.49. The molecule has 2 saturated heterocycles. The molecule has 3 aliphatic rings. The average Bonchev–Trinajstić information content (AvgIpc) is 3.02. The van der Waals surface area contributed by atoms with Crippen LogP contribution in [0.15, 0.2) is 23.0 Å². The van der Waals surface area contributed by atoms with Gasteiger partial charge in [0.1, 0.15) is 11.9 Å². The highest BCUT2D eigenvalue weighted by Crippen LogP contribution is 2.86. The van der Waals surface area contributed by atoms with Gasteiger partial charge in [-0.25, -0.2) is 4.52 Å². The molecule has 3 aliphatic heterocycles. The van der Waals surface area contributed by atoms with Crippen LogP contribution in [-0.2, 0) is 28.0 Å². The highest BCUT2D eigenvalue weighted by Gasteiger charge is 2.54. The Hall–Kier alpha value is -0.1000. The molecule has 30 heavy (non-hydrogen) atoms. The molecule has 2 atom stereocenters. The van der Waals surface area contributed by atoms with Crippen LogP contribution < -0.4 is 0 Å². The average molecular weight is 463 g/mol. The molecule has 0 aromatic rings. The lowest BCUT2D eigenvalue weighted by molar-refractivity contribution is -0.233. The zero-order chi connectivity index (χ0) is 21.8. The quantitative estimate of drug-likeness (QED) is 0.462. The molecule has 2 unspecified atom stereocenters. The van der Waals surface area contributed by atoms with E-state index in [1.54, 1.807) is 6.08 Å². The topological polar surface area (TPSA) is 75.6 Å². The van der Waals surface area contributed by atoms with Crippen LogP contribution >= 0.6 is 15.7 Å². The number of rotatable bonds is 9. The highest BCUT2D eigenvalue weighted by atomic mass is 32.1. The molecule has 0 spiro atoms. The molecule has 0 aromatic carbocycles. The molecule has 0 bridgehead atoms. The van der Waals surface area contributed by atoms with Gasteiger partial charge in [0.2, 0.25) is 8.50 Å². The Bertz CT molecular complexity index is 617. The predicted molar refractivity (Wildman–Crippen MR) is 120 cm³/mol. The summed E-state index contributed by atoms with van der Waals surface area (Å²) in [5.74, 6) is 0. The number of hydrogen-bond donors (Lipinski definition) is 1. The maximum atomic E-state index is 10.7. The summed E-state index contributed by atoms with van der Waals surface area (Å²) in [6, 6.07) is 0. The first-order valence-corrected chi connectivity index (χ1v) is 14.1. The molecular formula is C21H37O7P2+. The summed E-state index contributed by atoms with van der Waals surface area (Å²) < 4.78 is 35.8. The van der Waals surface area contributed by atoms with Gasteiger partial charge in [-0.1, -0.05) is 27.7 Å². The molecule has 0 saturated carbocycles. The van der Waals surface area contributed by atoms with E-state index in [9.17, 15) is 5.11 Å². The fourth-order valence-corrected chi connectivity index (χ4v) is 8.44. The molecule has 0 aromatic heterocycles. The monoisotopic (exact) mass is 463 g/mol. The van der Waals surface area contributed by atoms with Gasteiger partial charge >= 0.3 is 0 Å². The zero-order valence-corrected chi connectivity index (χ0v) is 20.7. The lowest BCUT2D eigenvalue weighted by Crippen LogP contribution is -2.41. The van der Waals surface area contributed by atoms with Gasteiger partial charge in [0.05, 0.1) is 33.0 Å². The fraction of sp³-hybridized carbons (Fsp3) is 0.810. The van der Waals surface area contributed by atoms with Crippen molar-refractivity contribution in [2.75, 3.05) is 39.6 Å².